The van der Waals surface area contributed by atoms with E-state index in [9.17, 15) is 13.6 Å². The zero-order valence-electron chi connectivity index (χ0n) is 7.72. The van der Waals surface area contributed by atoms with E-state index in [0.29, 0.717) is 6.42 Å². The van der Waals surface area contributed by atoms with E-state index < -0.39 is 25.0 Å². The van der Waals surface area contributed by atoms with Crippen molar-refractivity contribution >= 4 is 5.91 Å². The third kappa shape index (κ3) is 3.19. The third-order valence-electron chi connectivity index (χ3n) is 2.13. The summed E-state index contributed by atoms with van der Waals surface area (Å²) in [6.07, 6.45) is 1.56. The molecule has 82 valence electrons. The third-order valence-corrected chi connectivity index (χ3v) is 2.13. The first-order valence-electron chi connectivity index (χ1n) is 4.55. The van der Waals surface area contributed by atoms with Crippen LogP contribution in [0.25, 0.3) is 0 Å². The fraction of sp³-hybridized carbons (Fsp3) is 0.875. The molecule has 14 heavy (non-hydrogen) atoms. The maximum Gasteiger partial charge on any atom is 0.287 e. The van der Waals surface area contributed by atoms with Crippen molar-refractivity contribution in [2.45, 2.75) is 24.8 Å². The summed E-state index contributed by atoms with van der Waals surface area (Å²) in [5.41, 5.74) is 0. The SMILES string of the molecule is O=C(NCC(F)(F)CO)C1CCCN1. The lowest BCUT2D eigenvalue weighted by molar-refractivity contribution is -0.125. The van der Waals surface area contributed by atoms with E-state index in [0.717, 1.165) is 13.0 Å². The Morgan fingerprint density at radius 1 is 1.64 bits per heavy atom. The highest BCUT2D eigenvalue weighted by atomic mass is 19.3. The molecule has 4 nitrogen and oxygen atoms in total. The van der Waals surface area contributed by atoms with Gasteiger partial charge in [-0.25, -0.2) is 8.78 Å². The van der Waals surface area contributed by atoms with Crippen LogP contribution in [0.2, 0.25) is 0 Å². The van der Waals surface area contributed by atoms with E-state index in [1.807, 2.05) is 0 Å². The van der Waals surface area contributed by atoms with Gasteiger partial charge in [0, 0.05) is 0 Å². The van der Waals surface area contributed by atoms with Crippen LogP contribution in [-0.2, 0) is 4.79 Å². The molecule has 0 bridgehead atoms. The van der Waals surface area contributed by atoms with Gasteiger partial charge in [-0.05, 0) is 19.4 Å². The predicted molar refractivity (Wildman–Crippen MR) is 46.1 cm³/mol. The van der Waals surface area contributed by atoms with Gasteiger partial charge in [-0.2, -0.15) is 0 Å². The van der Waals surface area contributed by atoms with Crippen LogP contribution in [0.1, 0.15) is 12.8 Å². The number of hydrogen-bond acceptors (Lipinski definition) is 3. The number of rotatable bonds is 4. The Hall–Kier alpha value is -0.750. The molecule has 1 saturated heterocycles. The number of aliphatic hydroxyl groups excluding tert-OH is 1. The van der Waals surface area contributed by atoms with Gasteiger partial charge in [0.2, 0.25) is 5.91 Å². The molecule has 0 spiro atoms. The molecule has 6 heteroatoms. The van der Waals surface area contributed by atoms with Crippen molar-refractivity contribution in [2.75, 3.05) is 19.7 Å². The van der Waals surface area contributed by atoms with Crippen molar-refractivity contribution in [3.8, 4) is 0 Å². The van der Waals surface area contributed by atoms with Crippen molar-refractivity contribution in [1.29, 1.82) is 0 Å². The van der Waals surface area contributed by atoms with Gasteiger partial charge in [-0.3, -0.25) is 4.79 Å². The van der Waals surface area contributed by atoms with Gasteiger partial charge in [0.15, 0.2) is 0 Å². The first-order valence-corrected chi connectivity index (χ1v) is 4.55. The number of aliphatic hydroxyl groups is 1. The normalized spacial score (nSPS) is 22.4. The number of alkyl halides is 2. The molecule has 1 aliphatic rings. The van der Waals surface area contributed by atoms with E-state index in [4.69, 9.17) is 5.11 Å². The smallest absolute Gasteiger partial charge is 0.287 e. The zero-order valence-corrected chi connectivity index (χ0v) is 7.72. The van der Waals surface area contributed by atoms with Crippen molar-refractivity contribution in [3.05, 3.63) is 0 Å². The van der Waals surface area contributed by atoms with Gasteiger partial charge in [0.1, 0.15) is 6.61 Å². The van der Waals surface area contributed by atoms with Gasteiger partial charge in [0.25, 0.3) is 5.92 Å². The molecule has 3 N–H and O–H groups in total. The maximum absolute atomic E-state index is 12.5. The molecular formula is C8H14F2N2O2. The summed E-state index contributed by atoms with van der Waals surface area (Å²) in [6.45, 7) is -1.31. The Bertz CT molecular complexity index is 206. The van der Waals surface area contributed by atoms with Crippen LogP contribution in [0.4, 0.5) is 8.78 Å². The molecule has 0 saturated carbocycles. The highest BCUT2D eigenvalue weighted by molar-refractivity contribution is 5.82. The van der Waals surface area contributed by atoms with E-state index in [1.165, 1.54) is 0 Å². The van der Waals surface area contributed by atoms with Crippen LogP contribution in [0.15, 0.2) is 0 Å². The van der Waals surface area contributed by atoms with Gasteiger partial charge < -0.3 is 15.7 Å². The Labute approximate surface area is 80.7 Å². The van der Waals surface area contributed by atoms with Crippen LogP contribution < -0.4 is 10.6 Å². The average Bonchev–Trinajstić information content (AvgIpc) is 2.67. The summed E-state index contributed by atoms with van der Waals surface area (Å²) in [6, 6.07) is -0.357. The minimum atomic E-state index is -3.23. The minimum Gasteiger partial charge on any atom is -0.390 e. The molecule has 0 aliphatic carbocycles. The Kier molecular flexibility index (Phi) is 3.77. The minimum absolute atomic E-state index is 0.357. The molecule has 0 aromatic rings. The second kappa shape index (κ2) is 4.65. The zero-order chi connectivity index (χ0) is 10.6. The molecule has 0 radical (unpaired) electrons. The van der Waals surface area contributed by atoms with E-state index in [1.54, 1.807) is 0 Å². The predicted octanol–water partition coefficient (Wildman–Crippen LogP) is -0.518. The number of nitrogens with one attached hydrogen (secondary N) is 2. The second-order valence-electron chi connectivity index (χ2n) is 3.38. The van der Waals surface area contributed by atoms with Crippen LogP contribution >= 0.6 is 0 Å². The van der Waals surface area contributed by atoms with Crippen LogP contribution in [0.5, 0.6) is 0 Å². The standard InChI is InChI=1S/C8H14F2N2O2/c9-8(10,5-13)4-12-7(14)6-2-1-3-11-6/h6,11,13H,1-5H2,(H,12,14). The summed E-state index contributed by atoms with van der Waals surface area (Å²) >= 11 is 0. The average molecular weight is 208 g/mol. The van der Waals surface area contributed by atoms with Gasteiger partial charge in [-0.1, -0.05) is 0 Å². The lowest BCUT2D eigenvalue weighted by Crippen LogP contribution is -2.46. The van der Waals surface area contributed by atoms with Crippen LogP contribution in [0.3, 0.4) is 0 Å². The van der Waals surface area contributed by atoms with Crippen molar-refractivity contribution in [1.82, 2.24) is 10.6 Å². The van der Waals surface area contributed by atoms with E-state index >= 15 is 0 Å². The van der Waals surface area contributed by atoms with Crippen molar-refractivity contribution < 1.29 is 18.7 Å². The van der Waals surface area contributed by atoms with Crippen molar-refractivity contribution in [3.63, 3.8) is 0 Å². The summed E-state index contributed by atoms with van der Waals surface area (Å²) in [7, 11) is 0. The van der Waals surface area contributed by atoms with E-state index in [2.05, 4.69) is 10.6 Å². The Morgan fingerprint density at radius 3 is 2.86 bits per heavy atom. The second-order valence-corrected chi connectivity index (χ2v) is 3.38. The molecule has 1 rings (SSSR count). The molecule has 1 amide bonds. The number of carbonyl (C=O) groups excluding carboxylic acids is 1. The highest BCUT2D eigenvalue weighted by Crippen LogP contribution is 2.10. The largest absolute Gasteiger partial charge is 0.390 e. The van der Waals surface area contributed by atoms with E-state index in [-0.39, 0.29) is 6.04 Å². The molecule has 1 atom stereocenters. The number of carbonyl (C=O) groups is 1. The van der Waals surface area contributed by atoms with Gasteiger partial charge in [0.05, 0.1) is 12.6 Å². The topological polar surface area (TPSA) is 61.4 Å². The van der Waals surface area contributed by atoms with Crippen LogP contribution in [-0.4, -0.2) is 42.7 Å². The molecule has 0 aromatic heterocycles. The summed E-state index contributed by atoms with van der Waals surface area (Å²) in [5, 5.41) is 13.3. The van der Waals surface area contributed by atoms with Crippen molar-refractivity contribution in [2.24, 2.45) is 0 Å². The fourth-order valence-electron chi connectivity index (χ4n) is 1.30. The molecule has 1 aliphatic heterocycles. The molecule has 1 unspecified atom stereocenters. The summed E-state index contributed by atoms with van der Waals surface area (Å²) < 4.78 is 25.0. The maximum atomic E-state index is 12.5. The lowest BCUT2D eigenvalue weighted by Gasteiger charge is -2.16. The summed E-state index contributed by atoms with van der Waals surface area (Å²) in [5.74, 6) is -3.65. The molecular weight excluding hydrogens is 194 g/mol. The number of amides is 1. The van der Waals surface area contributed by atoms with Crippen LogP contribution in [0, 0.1) is 0 Å². The first-order chi connectivity index (χ1) is 6.55. The first kappa shape index (κ1) is 11.3. The number of halogens is 2. The fourth-order valence-corrected chi connectivity index (χ4v) is 1.30. The monoisotopic (exact) mass is 208 g/mol. The van der Waals surface area contributed by atoms with Gasteiger partial charge >= 0.3 is 0 Å². The van der Waals surface area contributed by atoms with Gasteiger partial charge in [-0.15, -0.1) is 0 Å². The molecule has 0 aromatic carbocycles. The lowest BCUT2D eigenvalue weighted by atomic mass is 10.2. The number of hydrogen-bond donors (Lipinski definition) is 3. The quantitative estimate of drug-likeness (QED) is 0.582. The molecule has 1 heterocycles. The Balaban J connectivity index is 2.27. The highest BCUT2D eigenvalue weighted by Gasteiger charge is 2.30. The summed E-state index contributed by atoms with van der Waals surface area (Å²) in [4.78, 5) is 11.2. The molecule has 1 fully saturated rings. The Morgan fingerprint density at radius 2 is 2.36 bits per heavy atom.